The molecule has 0 atom stereocenters. The SMILES string of the molecule is Fc1ccccc1-c1c(Cl)nc(-c2ccncn2)nc1Cl. The van der Waals surface area contributed by atoms with E-state index in [0.717, 1.165) is 0 Å². The van der Waals surface area contributed by atoms with Gasteiger partial charge >= 0.3 is 0 Å². The van der Waals surface area contributed by atoms with Gasteiger partial charge in [0.15, 0.2) is 5.82 Å². The van der Waals surface area contributed by atoms with Crippen LogP contribution in [-0.2, 0) is 0 Å². The van der Waals surface area contributed by atoms with Crippen molar-refractivity contribution in [1.29, 1.82) is 0 Å². The Bertz CT molecular complexity index is 773. The molecular weight excluding hydrogens is 314 g/mol. The smallest absolute Gasteiger partial charge is 0.181 e. The summed E-state index contributed by atoms with van der Waals surface area (Å²) in [5, 5.41) is 0.127. The van der Waals surface area contributed by atoms with Crippen LogP contribution in [0, 0.1) is 5.82 Å². The quantitative estimate of drug-likeness (QED) is 0.668. The molecule has 0 aliphatic carbocycles. The van der Waals surface area contributed by atoms with Gasteiger partial charge in [-0.25, -0.2) is 24.3 Å². The second-order valence-electron chi connectivity index (χ2n) is 4.08. The van der Waals surface area contributed by atoms with Gasteiger partial charge < -0.3 is 0 Å². The number of hydrogen-bond donors (Lipinski definition) is 0. The van der Waals surface area contributed by atoms with Gasteiger partial charge in [0.2, 0.25) is 0 Å². The molecule has 0 unspecified atom stereocenters. The molecule has 0 saturated carbocycles. The summed E-state index contributed by atoms with van der Waals surface area (Å²) in [7, 11) is 0. The number of hydrogen-bond acceptors (Lipinski definition) is 4. The van der Waals surface area contributed by atoms with Crippen molar-refractivity contribution in [2.75, 3.05) is 0 Å². The molecule has 0 spiro atoms. The lowest BCUT2D eigenvalue weighted by Crippen LogP contribution is -1.97. The Morgan fingerprint density at radius 2 is 1.67 bits per heavy atom. The van der Waals surface area contributed by atoms with Gasteiger partial charge in [-0.3, -0.25) is 0 Å². The standard InChI is InChI=1S/C14H7Cl2FN4/c15-12-11(8-3-1-2-4-9(8)17)13(16)21-14(20-12)10-5-6-18-7-19-10/h1-7H. The molecule has 4 nitrogen and oxygen atoms in total. The zero-order chi connectivity index (χ0) is 14.8. The van der Waals surface area contributed by atoms with Crippen LogP contribution in [0.3, 0.4) is 0 Å². The predicted molar refractivity (Wildman–Crippen MR) is 78.5 cm³/mol. The van der Waals surface area contributed by atoms with E-state index in [1.54, 1.807) is 30.5 Å². The van der Waals surface area contributed by atoms with Gasteiger partial charge in [-0.15, -0.1) is 0 Å². The number of aromatic nitrogens is 4. The molecule has 0 saturated heterocycles. The minimum Gasteiger partial charge on any atom is -0.245 e. The van der Waals surface area contributed by atoms with Crippen LogP contribution in [0.15, 0.2) is 42.9 Å². The van der Waals surface area contributed by atoms with Crippen LogP contribution >= 0.6 is 23.2 Å². The third-order valence-corrected chi connectivity index (χ3v) is 3.32. The molecule has 0 amide bonds. The summed E-state index contributed by atoms with van der Waals surface area (Å²) in [6.45, 7) is 0. The highest BCUT2D eigenvalue weighted by atomic mass is 35.5. The van der Waals surface area contributed by atoms with Crippen LogP contribution in [-0.4, -0.2) is 19.9 Å². The van der Waals surface area contributed by atoms with Crippen LogP contribution < -0.4 is 0 Å². The highest BCUT2D eigenvalue weighted by Crippen LogP contribution is 2.35. The Balaban J connectivity index is 2.16. The van der Waals surface area contributed by atoms with Gasteiger partial charge in [-0.1, -0.05) is 41.4 Å². The zero-order valence-corrected chi connectivity index (χ0v) is 12.0. The van der Waals surface area contributed by atoms with Crippen molar-refractivity contribution in [3.05, 3.63) is 59.0 Å². The lowest BCUT2D eigenvalue weighted by molar-refractivity contribution is 0.631. The molecular formula is C14H7Cl2FN4. The van der Waals surface area contributed by atoms with E-state index in [0.29, 0.717) is 5.69 Å². The molecule has 0 N–H and O–H groups in total. The summed E-state index contributed by atoms with van der Waals surface area (Å²) in [6.07, 6.45) is 2.92. The van der Waals surface area contributed by atoms with Crippen molar-refractivity contribution in [2.24, 2.45) is 0 Å². The first-order valence-electron chi connectivity index (χ1n) is 5.91. The van der Waals surface area contributed by atoms with E-state index in [4.69, 9.17) is 23.2 Å². The fourth-order valence-electron chi connectivity index (χ4n) is 1.83. The summed E-state index contributed by atoms with van der Waals surface area (Å²) in [6, 6.07) is 7.78. The van der Waals surface area contributed by atoms with Gasteiger partial charge in [-0.2, -0.15) is 0 Å². The minimum absolute atomic E-state index is 0.0636. The van der Waals surface area contributed by atoms with Gasteiger partial charge in [-0.05, 0) is 12.1 Å². The summed E-state index contributed by atoms with van der Waals surface area (Å²) in [5.41, 5.74) is 0.991. The maximum Gasteiger partial charge on any atom is 0.181 e. The third kappa shape index (κ3) is 2.70. The van der Waals surface area contributed by atoms with Crippen LogP contribution in [0.5, 0.6) is 0 Å². The Kier molecular flexibility index (Phi) is 3.77. The molecule has 0 aliphatic rings. The maximum atomic E-state index is 13.9. The van der Waals surface area contributed by atoms with Crippen molar-refractivity contribution in [3.8, 4) is 22.6 Å². The minimum atomic E-state index is -0.445. The fraction of sp³-hybridized carbons (Fsp3) is 0. The molecule has 2 aromatic heterocycles. The van der Waals surface area contributed by atoms with Crippen LogP contribution in [0.25, 0.3) is 22.6 Å². The van der Waals surface area contributed by atoms with Crippen molar-refractivity contribution in [1.82, 2.24) is 19.9 Å². The molecule has 2 heterocycles. The highest BCUT2D eigenvalue weighted by Gasteiger charge is 2.17. The van der Waals surface area contributed by atoms with Gasteiger partial charge in [0, 0.05) is 11.8 Å². The van der Waals surface area contributed by atoms with E-state index < -0.39 is 5.82 Å². The molecule has 0 bridgehead atoms. The molecule has 104 valence electrons. The average molecular weight is 321 g/mol. The summed E-state index contributed by atoms with van der Waals surface area (Å²) in [5.74, 6) is -0.188. The van der Waals surface area contributed by atoms with E-state index in [-0.39, 0.29) is 27.3 Å². The van der Waals surface area contributed by atoms with E-state index in [9.17, 15) is 4.39 Å². The third-order valence-electron chi connectivity index (χ3n) is 2.77. The molecule has 3 aromatic rings. The molecule has 0 fully saturated rings. The summed E-state index contributed by atoms with van der Waals surface area (Å²) < 4.78 is 13.9. The highest BCUT2D eigenvalue weighted by molar-refractivity contribution is 6.37. The summed E-state index contributed by atoms with van der Waals surface area (Å²) >= 11 is 12.3. The van der Waals surface area contributed by atoms with E-state index in [1.165, 1.54) is 12.4 Å². The first kappa shape index (κ1) is 13.9. The maximum absolute atomic E-state index is 13.9. The van der Waals surface area contributed by atoms with Gasteiger partial charge in [0.05, 0.1) is 5.56 Å². The van der Waals surface area contributed by atoms with Crippen molar-refractivity contribution in [2.45, 2.75) is 0 Å². The molecule has 0 radical (unpaired) electrons. The molecule has 7 heteroatoms. The zero-order valence-electron chi connectivity index (χ0n) is 10.5. The second kappa shape index (κ2) is 5.71. The van der Waals surface area contributed by atoms with Crippen molar-refractivity contribution in [3.63, 3.8) is 0 Å². The van der Waals surface area contributed by atoms with Crippen LogP contribution in [0.1, 0.15) is 0 Å². The Hall–Kier alpha value is -2.11. The van der Waals surface area contributed by atoms with E-state index in [1.807, 2.05) is 0 Å². The van der Waals surface area contributed by atoms with Crippen LogP contribution in [0.4, 0.5) is 4.39 Å². The van der Waals surface area contributed by atoms with Crippen molar-refractivity contribution < 1.29 is 4.39 Å². The topological polar surface area (TPSA) is 51.6 Å². The number of nitrogens with zero attached hydrogens (tertiary/aromatic N) is 4. The summed E-state index contributed by atoms with van der Waals surface area (Å²) in [4.78, 5) is 16.1. The number of rotatable bonds is 2. The molecule has 21 heavy (non-hydrogen) atoms. The average Bonchev–Trinajstić information content (AvgIpc) is 2.49. The van der Waals surface area contributed by atoms with Crippen LogP contribution in [0.2, 0.25) is 10.3 Å². The normalized spacial score (nSPS) is 10.6. The second-order valence-corrected chi connectivity index (χ2v) is 4.79. The predicted octanol–water partition coefficient (Wildman–Crippen LogP) is 4.05. The number of benzene rings is 1. The Labute approximate surface area is 129 Å². The lowest BCUT2D eigenvalue weighted by Gasteiger charge is -2.09. The van der Waals surface area contributed by atoms with Gasteiger partial charge in [0.25, 0.3) is 0 Å². The Morgan fingerprint density at radius 3 is 2.29 bits per heavy atom. The first-order valence-corrected chi connectivity index (χ1v) is 6.66. The molecule has 3 rings (SSSR count). The van der Waals surface area contributed by atoms with E-state index in [2.05, 4.69) is 19.9 Å². The van der Waals surface area contributed by atoms with Crippen molar-refractivity contribution >= 4 is 23.2 Å². The Morgan fingerprint density at radius 1 is 0.952 bits per heavy atom. The molecule has 1 aromatic carbocycles. The fourth-order valence-corrected chi connectivity index (χ4v) is 2.42. The monoisotopic (exact) mass is 320 g/mol. The number of halogens is 3. The lowest BCUT2D eigenvalue weighted by atomic mass is 10.1. The van der Waals surface area contributed by atoms with E-state index >= 15 is 0 Å². The van der Waals surface area contributed by atoms with Gasteiger partial charge in [0.1, 0.15) is 28.1 Å². The largest absolute Gasteiger partial charge is 0.245 e. The first-order chi connectivity index (χ1) is 10.2. The molecule has 0 aliphatic heterocycles.